The number of anilines is 1. The molecule has 1 aromatic carbocycles. The fourth-order valence-corrected chi connectivity index (χ4v) is 3.57. The van der Waals surface area contributed by atoms with Gasteiger partial charge in [-0.2, -0.15) is 0 Å². The van der Waals surface area contributed by atoms with Crippen LogP contribution < -0.4 is 10.6 Å². The fraction of sp³-hybridized carbons (Fsp3) is 0.591. The van der Waals surface area contributed by atoms with Crippen LogP contribution in [0.1, 0.15) is 38.7 Å². The number of nitrogens with zero attached hydrogens (tertiary/aromatic N) is 3. The highest BCUT2D eigenvalue weighted by molar-refractivity contribution is 5.93. The maximum absolute atomic E-state index is 12.2. The van der Waals surface area contributed by atoms with Gasteiger partial charge in [0.25, 0.3) is 0 Å². The van der Waals surface area contributed by atoms with Crippen molar-refractivity contribution in [1.82, 2.24) is 15.1 Å². The van der Waals surface area contributed by atoms with E-state index in [-0.39, 0.29) is 17.9 Å². The van der Waals surface area contributed by atoms with Gasteiger partial charge in [0.1, 0.15) is 0 Å². The molecule has 164 valence electrons. The standard InChI is InChI=1S/C22H33N5O3/c1-3-23-21(26-11-13-27(14-12-26)22(29)30-4-2)24-16-17-7-5-10-19(15-17)25-20(28)18-8-6-9-18/h5,7,10,15,18H,3-4,6,8-9,11-14,16H2,1-2H3,(H,23,24)(H,25,28). The lowest BCUT2D eigenvalue weighted by Gasteiger charge is -2.35. The van der Waals surface area contributed by atoms with E-state index in [0.29, 0.717) is 39.3 Å². The largest absolute Gasteiger partial charge is 0.450 e. The molecule has 3 rings (SSSR count). The Kier molecular flexibility index (Phi) is 7.93. The van der Waals surface area contributed by atoms with Crippen LogP contribution in [0.25, 0.3) is 0 Å². The zero-order chi connectivity index (χ0) is 21.3. The first kappa shape index (κ1) is 21.9. The lowest BCUT2D eigenvalue weighted by Crippen LogP contribution is -2.53. The van der Waals surface area contributed by atoms with Crippen molar-refractivity contribution in [1.29, 1.82) is 0 Å². The van der Waals surface area contributed by atoms with Gasteiger partial charge in [0, 0.05) is 44.3 Å². The van der Waals surface area contributed by atoms with Crippen molar-refractivity contribution in [2.45, 2.75) is 39.7 Å². The molecule has 2 amide bonds. The number of rotatable bonds is 6. The predicted octanol–water partition coefficient (Wildman–Crippen LogP) is 2.66. The number of hydrogen-bond acceptors (Lipinski definition) is 4. The van der Waals surface area contributed by atoms with E-state index in [9.17, 15) is 9.59 Å². The van der Waals surface area contributed by atoms with Crippen LogP contribution in [0.5, 0.6) is 0 Å². The number of hydrogen-bond donors (Lipinski definition) is 2. The molecule has 0 radical (unpaired) electrons. The molecule has 8 nitrogen and oxygen atoms in total. The maximum Gasteiger partial charge on any atom is 0.409 e. The Hall–Kier alpha value is -2.77. The number of carbonyl (C=O) groups is 2. The van der Waals surface area contributed by atoms with Gasteiger partial charge in [-0.25, -0.2) is 9.79 Å². The minimum absolute atomic E-state index is 0.120. The van der Waals surface area contributed by atoms with Gasteiger partial charge in [-0.1, -0.05) is 18.6 Å². The third kappa shape index (κ3) is 5.87. The van der Waals surface area contributed by atoms with Crippen LogP contribution in [-0.2, 0) is 16.1 Å². The van der Waals surface area contributed by atoms with E-state index in [0.717, 1.165) is 43.0 Å². The minimum Gasteiger partial charge on any atom is -0.450 e. The van der Waals surface area contributed by atoms with Gasteiger partial charge in [0.05, 0.1) is 13.2 Å². The second-order valence-electron chi connectivity index (χ2n) is 7.66. The van der Waals surface area contributed by atoms with Gasteiger partial charge in [-0.05, 0) is 44.4 Å². The van der Waals surface area contributed by atoms with E-state index < -0.39 is 0 Å². The van der Waals surface area contributed by atoms with Crippen molar-refractivity contribution in [3.8, 4) is 0 Å². The van der Waals surface area contributed by atoms with Gasteiger partial charge < -0.3 is 25.2 Å². The summed E-state index contributed by atoms with van der Waals surface area (Å²) in [6, 6.07) is 7.88. The number of piperazine rings is 1. The van der Waals surface area contributed by atoms with Crippen LogP contribution in [0.15, 0.2) is 29.3 Å². The Labute approximate surface area is 178 Å². The van der Waals surface area contributed by atoms with Crippen LogP contribution in [0.4, 0.5) is 10.5 Å². The summed E-state index contributed by atoms with van der Waals surface area (Å²) in [4.78, 5) is 32.8. The minimum atomic E-state index is -0.250. The molecule has 1 saturated carbocycles. The Bertz CT molecular complexity index is 755. The van der Waals surface area contributed by atoms with Crippen LogP contribution in [-0.4, -0.2) is 67.1 Å². The van der Waals surface area contributed by atoms with Crippen molar-refractivity contribution >= 4 is 23.6 Å². The highest BCUT2D eigenvalue weighted by atomic mass is 16.6. The van der Waals surface area contributed by atoms with Gasteiger partial charge in [0.15, 0.2) is 5.96 Å². The first-order chi connectivity index (χ1) is 14.6. The summed E-state index contributed by atoms with van der Waals surface area (Å²) in [6.07, 6.45) is 2.88. The highest BCUT2D eigenvalue weighted by Crippen LogP contribution is 2.27. The quantitative estimate of drug-likeness (QED) is 0.551. The maximum atomic E-state index is 12.2. The molecule has 2 aliphatic rings. The summed E-state index contributed by atoms with van der Waals surface area (Å²) in [7, 11) is 0. The first-order valence-electron chi connectivity index (χ1n) is 11.0. The normalized spacial score (nSPS) is 17.3. The summed E-state index contributed by atoms with van der Waals surface area (Å²) in [5, 5.41) is 6.36. The number of ether oxygens (including phenoxy) is 1. The molecule has 0 atom stereocenters. The number of carbonyl (C=O) groups excluding carboxylic acids is 2. The van der Waals surface area contributed by atoms with Crippen LogP contribution in [0.3, 0.4) is 0 Å². The molecule has 1 aliphatic carbocycles. The molecular formula is C22H33N5O3. The van der Waals surface area contributed by atoms with E-state index in [4.69, 9.17) is 9.73 Å². The Morgan fingerprint density at radius 3 is 2.50 bits per heavy atom. The summed E-state index contributed by atoms with van der Waals surface area (Å²) >= 11 is 0. The number of aliphatic imine (C=N–C) groups is 1. The Balaban J connectivity index is 1.57. The van der Waals surface area contributed by atoms with Gasteiger partial charge >= 0.3 is 6.09 Å². The molecule has 8 heteroatoms. The summed E-state index contributed by atoms with van der Waals surface area (Å²) < 4.78 is 5.09. The van der Waals surface area contributed by atoms with Crippen molar-refractivity contribution in [2.24, 2.45) is 10.9 Å². The number of nitrogens with one attached hydrogen (secondary N) is 2. The van der Waals surface area contributed by atoms with Crippen molar-refractivity contribution in [3.63, 3.8) is 0 Å². The molecule has 1 saturated heterocycles. The van der Waals surface area contributed by atoms with E-state index in [2.05, 4.69) is 15.5 Å². The summed E-state index contributed by atoms with van der Waals surface area (Å²) in [6.45, 7) is 8.20. The monoisotopic (exact) mass is 415 g/mol. The molecule has 30 heavy (non-hydrogen) atoms. The molecule has 0 unspecified atom stereocenters. The summed E-state index contributed by atoms with van der Waals surface area (Å²) in [5.74, 6) is 1.12. The lowest BCUT2D eigenvalue weighted by atomic mass is 9.85. The second kappa shape index (κ2) is 10.8. The highest BCUT2D eigenvalue weighted by Gasteiger charge is 2.25. The van der Waals surface area contributed by atoms with Crippen molar-refractivity contribution in [3.05, 3.63) is 29.8 Å². The molecule has 1 aliphatic heterocycles. The lowest BCUT2D eigenvalue weighted by molar-refractivity contribution is -0.122. The molecule has 1 aromatic rings. The topological polar surface area (TPSA) is 86.3 Å². The third-order valence-corrected chi connectivity index (χ3v) is 5.52. The average Bonchev–Trinajstić information content (AvgIpc) is 2.70. The number of benzene rings is 1. The average molecular weight is 416 g/mol. The van der Waals surface area contributed by atoms with Crippen LogP contribution in [0.2, 0.25) is 0 Å². The van der Waals surface area contributed by atoms with Crippen molar-refractivity contribution < 1.29 is 14.3 Å². The number of guanidine groups is 1. The smallest absolute Gasteiger partial charge is 0.409 e. The van der Waals surface area contributed by atoms with E-state index in [1.54, 1.807) is 4.90 Å². The van der Waals surface area contributed by atoms with E-state index in [1.165, 1.54) is 0 Å². The zero-order valence-corrected chi connectivity index (χ0v) is 18.0. The fourth-order valence-electron chi connectivity index (χ4n) is 3.57. The Morgan fingerprint density at radius 1 is 1.13 bits per heavy atom. The molecule has 2 N–H and O–H groups in total. The van der Waals surface area contributed by atoms with Gasteiger partial charge in [-0.3, -0.25) is 4.79 Å². The molecular weight excluding hydrogens is 382 g/mol. The van der Waals surface area contributed by atoms with E-state index in [1.807, 2.05) is 38.1 Å². The zero-order valence-electron chi connectivity index (χ0n) is 18.0. The molecule has 2 fully saturated rings. The first-order valence-corrected chi connectivity index (χ1v) is 11.0. The van der Waals surface area contributed by atoms with Gasteiger partial charge in [-0.15, -0.1) is 0 Å². The van der Waals surface area contributed by atoms with Crippen LogP contribution >= 0.6 is 0 Å². The predicted molar refractivity (Wildman–Crippen MR) is 117 cm³/mol. The molecule has 0 spiro atoms. The Morgan fingerprint density at radius 2 is 1.87 bits per heavy atom. The molecule has 0 bridgehead atoms. The van der Waals surface area contributed by atoms with E-state index >= 15 is 0 Å². The SMILES string of the molecule is CCNC(=NCc1cccc(NC(=O)C2CCC2)c1)N1CCN(C(=O)OCC)CC1. The third-order valence-electron chi connectivity index (χ3n) is 5.52. The molecule has 0 aromatic heterocycles. The van der Waals surface area contributed by atoms with Gasteiger partial charge in [0.2, 0.25) is 5.91 Å². The molecule has 1 heterocycles. The van der Waals surface area contributed by atoms with Crippen molar-refractivity contribution in [2.75, 3.05) is 44.6 Å². The van der Waals surface area contributed by atoms with Crippen LogP contribution in [0, 0.1) is 5.92 Å². The second-order valence-corrected chi connectivity index (χ2v) is 7.66. The number of amides is 2. The summed E-state index contributed by atoms with van der Waals surface area (Å²) in [5.41, 5.74) is 1.87.